The number of unbranched alkanes of at least 4 members (excludes halogenated alkanes) is 9. The summed E-state index contributed by atoms with van der Waals surface area (Å²) in [6.07, 6.45) is 13.0. The van der Waals surface area contributed by atoms with Crippen molar-refractivity contribution in [1.82, 2.24) is 16.3 Å². The summed E-state index contributed by atoms with van der Waals surface area (Å²) in [4.78, 5) is 23.1. The van der Waals surface area contributed by atoms with Crippen LogP contribution in [0.4, 0.5) is 0 Å². The van der Waals surface area contributed by atoms with E-state index in [0.29, 0.717) is 19.6 Å². The molecule has 0 bridgehead atoms. The molecule has 0 unspecified atom stereocenters. The van der Waals surface area contributed by atoms with Crippen LogP contribution in [0.25, 0.3) is 0 Å². The average Bonchev–Trinajstić information content (AvgIpc) is 2.68. The van der Waals surface area contributed by atoms with Crippen LogP contribution in [0.1, 0.15) is 77.0 Å². The first-order valence-electron chi connectivity index (χ1n) is 10.4. The normalized spacial score (nSPS) is 11.2. The Balaban J connectivity index is 2.99. The molecule has 0 aliphatic heterocycles. The third-order valence-corrected chi connectivity index (χ3v) is 4.23. The van der Waals surface area contributed by atoms with E-state index in [-0.39, 0.29) is 0 Å². The van der Waals surface area contributed by atoms with Crippen LogP contribution in [0.3, 0.4) is 0 Å². The smallest absolute Gasteiger partial charge is 0.303 e. The van der Waals surface area contributed by atoms with Crippen molar-refractivity contribution in [2.45, 2.75) is 77.0 Å². The zero-order valence-corrected chi connectivity index (χ0v) is 17.0. The highest BCUT2D eigenvalue weighted by atomic mass is 17.5. The Kier molecular flexibility index (Phi) is 23.5. The Morgan fingerprint density at radius 2 is 1.18 bits per heavy atom. The maximum atomic E-state index is 10.4. The standard InChI is InChI=1S/C18H39N3O7/c22-18(23)12-8-4-3-7-10-14-19-13-9-5-1-2-6-11-15-20-16-17-25-26-21-27-28-24/h19-21,24H,1-17H2,(H,22,23). The number of carbonyl (C=O) groups is 1. The van der Waals surface area contributed by atoms with Crippen LogP contribution in [0.15, 0.2) is 0 Å². The van der Waals surface area contributed by atoms with Gasteiger partial charge >= 0.3 is 5.97 Å². The summed E-state index contributed by atoms with van der Waals surface area (Å²) >= 11 is 0. The Hall–Kier alpha value is -0.850. The molecule has 0 amide bonds. The first-order valence-corrected chi connectivity index (χ1v) is 10.4. The molecule has 28 heavy (non-hydrogen) atoms. The number of hydrogen-bond acceptors (Lipinski definition) is 9. The van der Waals surface area contributed by atoms with Gasteiger partial charge in [0.1, 0.15) is 0 Å². The Morgan fingerprint density at radius 1 is 0.679 bits per heavy atom. The second-order valence-electron chi connectivity index (χ2n) is 6.68. The molecule has 0 saturated carbocycles. The van der Waals surface area contributed by atoms with Crippen LogP contribution in [0.5, 0.6) is 0 Å². The molecule has 0 fully saturated rings. The van der Waals surface area contributed by atoms with Gasteiger partial charge in [0.2, 0.25) is 0 Å². The van der Waals surface area contributed by atoms with E-state index >= 15 is 0 Å². The molecule has 0 atom stereocenters. The quantitative estimate of drug-likeness (QED) is 0.0921. The third kappa shape index (κ3) is 25.1. The molecule has 10 nitrogen and oxygen atoms in total. The predicted octanol–water partition coefficient (Wildman–Crippen LogP) is 2.72. The van der Waals surface area contributed by atoms with E-state index in [2.05, 4.69) is 30.5 Å². The van der Waals surface area contributed by atoms with E-state index in [1.165, 1.54) is 44.9 Å². The van der Waals surface area contributed by atoms with Gasteiger partial charge in [-0.3, -0.25) is 4.79 Å². The van der Waals surface area contributed by atoms with Crippen LogP contribution >= 0.6 is 0 Å². The maximum Gasteiger partial charge on any atom is 0.303 e. The van der Waals surface area contributed by atoms with Gasteiger partial charge < -0.3 is 15.7 Å². The van der Waals surface area contributed by atoms with Gasteiger partial charge in [-0.05, 0) is 56.0 Å². The lowest BCUT2D eigenvalue weighted by Gasteiger charge is -2.06. The van der Waals surface area contributed by atoms with Crippen molar-refractivity contribution >= 4 is 5.97 Å². The Bertz CT molecular complexity index is 326. The van der Waals surface area contributed by atoms with Crippen LogP contribution < -0.4 is 16.3 Å². The molecule has 0 aromatic heterocycles. The summed E-state index contributed by atoms with van der Waals surface area (Å²) in [6, 6.07) is 0. The van der Waals surface area contributed by atoms with E-state index in [0.717, 1.165) is 45.3 Å². The molecule has 0 aliphatic rings. The van der Waals surface area contributed by atoms with Gasteiger partial charge in [-0.25, -0.2) is 10.1 Å². The van der Waals surface area contributed by atoms with Gasteiger partial charge in [0, 0.05) is 13.0 Å². The highest BCUT2D eigenvalue weighted by molar-refractivity contribution is 5.66. The number of nitrogens with one attached hydrogen (secondary N) is 3. The fourth-order valence-electron chi connectivity index (χ4n) is 2.72. The summed E-state index contributed by atoms with van der Waals surface area (Å²) in [5.41, 5.74) is 1.75. The van der Waals surface area contributed by atoms with Crippen molar-refractivity contribution in [3.63, 3.8) is 0 Å². The SMILES string of the molecule is O=C(O)CCCCCCCNCCCCCCCCNCCOONOOO. The topological polar surface area (TPSA) is 131 Å². The Morgan fingerprint density at radius 3 is 1.71 bits per heavy atom. The number of carboxylic acids is 1. The molecule has 168 valence electrons. The minimum atomic E-state index is -0.688. The molecule has 0 heterocycles. The lowest BCUT2D eigenvalue weighted by Crippen LogP contribution is -2.23. The fourth-order valence-corrected chi connectivity index (χ4v) is 2.72. The van der Waals surface area contributed by atoms with Crippen molar-refractivity contribution in [1.29, 1.82) is 0 Å². The molecule has 0 rings (SSSR count). The van der Waals surface area contributed by atoms with Crippen LogP contribution in [-0.2, 0) is 24.7 Å². The van der Waals surface area contributed by atoms with Gasteiger partial charge in [0.25, 0.3) is 0 Å². The Labute approximate surface area is 167 Å². The number of aliphatic carboxylic acids is 1. The predicted molar refractivity (Wildman–Crippen MR) is 104 cm³/mol. The summed E-state index contributed by atoms with van der Waals surface area (Å²) in [5.74, 6) is -0.688. The first-order chi connectivity index (χ1) is 13.8. The van der Waals surface area contributed by atoms with Gasteiger partial charge in [0.05, 0.1) is 6.61 Å². The van der Waals surface area contributed by atoms with Gasteiger partial charge in [-0.2, -0.15) is 0 Å². The van der Waals surface area contributed by atoms with Crippen molar-refractivity contribution in [3.8, 4) is 0 Å². The summed E-state index contributed by atoms with van der Waals surface area (Å²) in [7, 11) is 0. The molecule has 0 aliphatic carbocycles. The van der Waals surface area contributed by atoms with Gasteiger partial charge in [-0.15, -0.1) is 4.99 Å². The summed E-state index contributed by atoms with van der Waals surface area (Å²) in [5, 5.41) is 26.3. The van der Waals surface area contributed by atoms with E-state index in [1.54, 1.807) is 5.64 Å². The van der Waals surface area contributed by atoms with Crippen LogP contribution in [-0.4, -0.2) is 49.1 Å². The number of rotatable bonds is 24. The number of hydrogen-bond donors (Lipinski definition) is 5. The molecule has 0 spiro atoms. The second kappa shape index (κ2) is 24.2. The van der Waals surface area contributed by atoms with Gasteiger partial charge in [0.15, 0.2) is 0 Å². The van der Waals surface area contributed by atoms with Crippen LogP contribution in [0, 0.1) is 0 Å². The average molecular weight is 410 g/mol. The van der Waals surface area contributed by atoms with E-state index in [1.807, 2.05) is 0 Å². The molecular weight excluding hydrogens is 370 g/mol. The highest BCUT2D eigenvalue weighted by Crippen LogP contribution is 2.06. The van der Waals surface area contributed by atoms with Crippen molar-refractivity contribution in [3.05, 3.63) is 0 Å². The zero-order chi connectivity index (χ0) is 20.5. The molecule has 5 N–H and O–H groups in total. The van der Waals surface area contributed by atoms with Crippen molar-refractivity contribution < 1.29 is 35.1 Å². The maximum absolute atomic E-state index is 10.4. The lowest BCUT2D eigenvalue weighted by molar-refractivity contribution is -0.576. The second-order valence-corrected chi connectivity index (χ2v) is 6.68. The number of carboxylic acid groups (broad SMARTS) is 1. The summed E-state index contributed by atoms with van der Waals surface area (Å²) < 4.78 is 0. The third-order valence-electron chi connectivity index (χ3n) is 4.23. The highest BCUT2D eigenvalue weighted by Gasteiger charge is 1.97. The van der Waals surface area contributed by atoms with E-state index < -0.39 is 5.97 Å². The first kappa shape index (κ1) is 27.1. The van der Waals surface area contributed by atoms with Crippen molar-refractivity contribution in [2.24, 2.45) is 0 Å². The van der Waals surface area contributed by atoms with Crippen molar-refractivity contribution in [2.75, 3.05) is 32.8 Å². The molecule has 0 aromatic carbocycles. The molecule has 0 radical (unpaired) electrons. The molecule has 0 saturated heterocycles. The monoisotopic (exact) mass is 409 g/mol. The van der Waals surface area contributed by atoms with Crippen LogP contribution in [0.2, 0.25) is 0 Å². The van der Waals surface area contributed by atoms with E-state index in [4.69, 9.17) is 10.4 Å². The molecular formula is C18H39N3O7. The molecule has 0 aromatic rings. The lowest BCUT2D eigenvalue weighted by atomic mass is 10.1. The minimum Gasteiger partial charge on any atom is -0.481 e. The largest absolute Gasteiger partial charge is 0.481 e. The summed E-state index contributed by atoms with van der Waals surface area (Å²) in [6.45, 7) is 4.12. The zero-order valence-electron chi connectivity index (χ0n) is 17.0. The van der Waals surface area contributed by atoms with Gasteiger partial charge in [-0.1, -0.05) is 49.9 Å². The fraction of sp³-hybridized carbons (Fsp3) is 0.944. The molecule has 10 heteroatoms. The van der Waals surface area contributed by atoms with E-state index in [9.17, 15) is 4.79 Å². The minimum absolute atomic E-state index is 0.302.